The number of nitrogens with two attached hydrogens (primary N) is 1. The molecule has 0 heterocycles. The fourth-order valence-electron chi connectivity index (χ4n) is 4.71. The van der Waals surface area contributed by atoms with Crippen molar-refractivity contribution in [2.45, 2.75) is 63.5 Å². The fraction of sp³-hybridized carbons (Fsp3) is 0.520. The predicted octanol–water partition coefficient (Wildman–Crippen LogP) is 4.94. The second kappa shape index (κ2) is 11.4. The predicted molar refractivity (Wildman–Crippen MR) is 137 cm³/mol. The highest BCUT2D eigenvalue weighted by Crippen LogP contribution is 2.36. The topological polar surface area (TPSA) is 72.6 Å². The Morgan fingerprint density at radius 3 is 2.64 bits per heavy atom. The van der Waals surface area contributed by atoms with E-state index >= 15 is 0 Å². The first-order valence-corrected chi connectivity index (χ1v) is 13.6. The van der Waals surface area contributed by atoms with Gasteiger partial charge < -0.3 is 10.5 Å². The number of ether oxygens (including phenoxy) is 1. The quantitative estimate of drug-likeness (QED) is 0.488. The van der Waals surface area contributed by atoms with Gasteiger partial charge in [-0.3, -0.25) is 0 Å². The van der Waals surface area contributed by atoms with E-state index in [4.69, 9.17) is 22.1 Å². The summed E-state index contributed by atoms with van der Waals surface area (Å²) in [4.78, 5) is 0. The van der Waals surface area contributed by atoms with Crippen LogP contribution in [0.3, 0.4) is 0 Å². The van der Waals surface area contributed by atoms with Crippen LogP contribution in [0.15, 0.2) is 42.5 Å². The molecule has 33 heavy (non-hydrogen) atoms. The first kappa shape index (κ1) is 26.3. The van der Waals surface area contributed by atoms with E-state index in [1.165, 1.54) is 16.7 Å². The van der Waals surface area contributed by atoms with Crippen LogP contribution in [-0.2, 0) is 22.9 Å². The number of nitrogens with zero attached hydrogens (tertiary/aromatic N) is 1. The molecule has 0 bridgehead atoms. The molecule has 5 nitrogen and oxygen atoms in total. The van der Waals surface area contributed by atoms with Crippen molar-refractivity contribution in [1.29, 1.82) is 0 Å². The zero-order valence-electron chi connectivity index (χ0n) is 19.1. The fourth-order valence-corrected chi connectivity index (χ4v) is 6.69. The monoisotopic (exact) mass is 512 g/mol. The molecule has 0 spiro atoms. The molecule has 2 atom stereocenters. The first-order valence-electron chi connectivity index (χ1n) is 11.6. The van der Waals surface area contributed by atoms with E-state index in [-0.39, 0.29) is 36.2 Å². The van der Waals surface area contributed by atoms with Crippen LogP contribution in [0.1, 0.15) is 55.2 Å². The zero-order chi connectivity index (χ0) is 22.7. The van der Waals surface area contributed by atoms with Crippen molar-refractivity contribution in [1.82, 2.24) is 4.31 Å². The number of aryl methyl sites for hydroxylation is 1. The lowest BCUT2D eigenvalue weighted by molar-refractivity contribution is 0.268. The molecule has 1 fully saturated rings. The van der Waals surface area contributed by atoms with E-state index in [1.807, 2.05) is 31.2 Å². The van der Waals surface area contributed by atoms with Crippen LogP contribution >= 0.6 is 24.0 Å². The average Bonchev–Trinajstić information content (AvgIpc) is 3.58. The third-order valence-corrected chi connectivity index (χ3v) is 8.83. The van der Waals surface area contributed by atoms with Crippen LogP contribution in [0.25, 0.3) is 0 Å². The van der Waals surface area contributed by atoms with Gasteiger partial charge >= 0.3 is 0 Å². The molecule has 2 aliphatic carbocycles. The summed E-state index contributed by atoms with van der Waals surface area (Å²) in [6, 6.07) is 14.4. The Labute approximate surface area is 209 Å². The molecule has 4 rings (SSSR count). The lowest BCUT2D eigenvalue weighted by atomic mass is 9.76. The average molecular weight is 514 g/mol. The maximum atomic E-state index is 12.6. The van der Waals surface area contributed by atoms with Crippen molar-refractivity contribution in [3.8, 4) is 5.75 Å². The highest BCUT2D eigenvalue weighted by molar-refractivity contribution is 7.89. The van der Waals surface area contributed by atoms with Crippen LogP contribution < -0.4 is 10.5 Å². The lowest BCUT2D eigenvalue weighted by Crippen LogP contribution is -2.38. The van der Waals surface area contributed by atoms with Crippen molar-refractivity contribution in [3.05, 3.63) is 64.2 Å². The number of hydrogen-bond acceptors (Lipinski definition) is 4. The standard InChI is InChI=1S/C25H33ClN2O3S.ClH/c1-2-14-32(29,30)28(21-8-9-21)12-13-31-22-10-6-19-7-11-25(27)24(23(19)17-22)16-18-4-3-5-20(26)15-18;/h3-6,10,15,17,21,24-25H,2,7-9,11-14,16,27H2,1H3;1H. The third-order valence-electron chi connectivity index (χ3n) is 6.48. The Kier molecular flexibility index (Phi) is 9.09. The molecule has 2 aromatic rings. The van der Waals surface area contributed by atoms with Gasteiger partial charge in [0.2, 0.25) is 10.0 Å². The number of benzene rings is 2. The largest absolute Gasteiger partial charge is 0.492 e. The lowest BCUT2D eigenvalue weighted by Gasteiger charge is -2.32. The van der Waals surface area contributed by atoms with Gasteiger partial charge in [0, 0.05) is 29.6 Å². The van der Waals surface area contributed by atoms with Gasteiger partial charge in [0.1, 0.15) is 12.4 Å². The minimum atomic E-state index is -3.21. The molecule has 0 saturated heterocycles. The summed E-state index contributed by atoms with van der Waals surface area (Å²) in [5.41, 5.74) is 10.3. The number of sulfonamides is 1. The molecule has 0 amide bonds. The van der Waals surface area contributed by atoms with Gasteiger partial charge in [0.15, 0.2) is 0 Å². The Hall–Kier alpha value is -1.31. The normalized spacial score (nSPS) is 20.2. The van der Waals surface area contributed by atoms with Gasteiger partial charge in [-0.05, 0) is 79.5 Å². The number of rotatable bonds is 10. The number of halogens is 2. The van der Waals surface area contributed by atoms with Gasteiger partial charge in [-0.25, -0.2) is 8.42 Å². The molecule has 2 unspecified atom stereocenters. The van der Waals surface area contributed by atoms with Gasteiger partial charge in [0.05, 0.1) is 5.75 Å². The Balaban J connectivity index is 0.00000306. The molecule has 8 heteroatoms. The molecular weight excluding hydrogens is 479 g/mol. The summed E-state index contributed by atoms with van der Waals surface area (Å²) < 4.78 is 32.8. The molecule has 2 aliphatic rings. The van der Waals surface area contributed by atoms with Gasteiger partial charge in [-0.15, -0.1) is 12.4 Å². The van der Waals surface area contributed by atoms with Crippen molar-refractivity contribution >= 4 is 34.0 Å². The summed E-state index contributed by atoms with van der Waals surface area (Å²) >= 11 is 6.19. The number of fused-ring (bicyclic) bond motifs is 1. The van der Waals surface area contributed by atoms with Crippen molar-refractivity contribution in [2.24, 2.45) is 5.73 Å². The summed E-state index contributed by atoms with van der Waals surface area (Å²) in [6.07, 6.45) is 5.29. The van der Waals surface area contributed by atoms with E-state index in [2.05, 4.69) is 18.2 Å². The molecule has 0 aliphatic heterocycles. The smallest absolute Gasteiger partial charge is 0.214 e. The highest BCUT2D eigenvalue weighted by Gasteiger charge is 2.36. The van der Waals surface area contributed by atoms with Gasteiger partial charge in [-0.1, -0.05) is 36.7 Å². The maximum Gasteiger partial charge on any atom is 0.214 e. The Bertz CT molecular complexity index is 1040. The molecule has 2 aromatic carbocycles. The highest BCUT2D eigenvalue weighted by atomic mass is 35.5. The van der Waals surface area contributed by atoms with E-state index < -0.39 is 10.0 Å². The van der Waals surface area contributed by atoms with Gasteiger partial charge in [-0.2, -0.15) is 4.31 Å². The SMILES string of the molecule is CCCS(=O)(=O)N(CCOc1ccc2c(c1)C(Cc1cccc(Cl)c1)C(N)CC2)C1CC1.Cl. The van der Waals surface area contributed by atoms with Crippen molar-refractivity contribution in [2.75, 3.05) is 18.9 Å². The second-order valence-electron chi connectivity index (χ2n) is 9.01. The van der Waals surface area contributed by atoms with E-state index in [0.717, 1.165) is 42.9 Å². The Morgan fingerprint density at radius 2 is 1.94 bits per heavy atom. The number of hydrogen-bond donors (Lipinski definition) is 1. The summed E-state index contributed by atoms with van der Waals surface area (Å²) in [5.74, 6) is 1.18. The molecular formula is C25H34Cl2N2O3S. The van der Waals surface area contributed by atoms with E-state index in [0.29, 0.717) is 19.6 Å². The zero-order valence-corrected chi connectivity index (χ0v) is 21.5. The van der Waals surface area contributed by atoms with Crippen molar-refractivity contribution < 1.29 is 13.2 Å². The summed E-state index contributed by atoms with van der Waals surface area (Å²) in [6.45, 7) is 2.65. The van der Waals surface area contributed by atoms with Crippen LogP contribution in [0.5, 0.6) is 5.75 Å². The second-order valence-corrected chi connectivity index (χ2v) is 11.5. The van der Waals surface area contributed by atoms with Gasteiger partial charge in [0.25, 0.3) is 0 Å². The maximum absolute atomic E-state index is 12.6. The van der Waals surface area contributed by atoms with Crippen molar-refractivity contribution in [3.63, 3.8) is 0 Å². The van der Waals surface area contributed by atoms with Crippen LogP contribution in [0.4, 0.5) is 0 Å². The summed E-state index contributed by atoms with van der Waals surface area (Å²) in [5, 5.41) is 0.738. The van der Waals surface area contributed by atoms with E-state index in [9.17, 15) is 8.42 Å². The van der Waals surface area contributed by atoms with Crippen LogP contribution in [0.2, 0.25) is 5.02 Å². The van der Waals surface area contributed by atoms with E-state index in [1.54, 1.807) is 4.31 Å². The van der Waals surface area contributed by atoms with Crippen LogP contribution in [0, 0.1) is 0 Å². The minimum Gasteiger partial charge on any atom is -0.492 e. The molecule has 0 radical (unpaired) electrons. The van der Waals surface area contributed by atoms with Crippen LogP contribution in [-0.4, -0.2) is 43.7 Å². The third kappa shape index (κ3) is 6.64. The molecule has 1 saturated carbocycles. The molecule has 0 aromatic heterocycles. The minimum absolute atomic E-state index is 0. The Morgan fingerprint density at radius 1 is 1.15 bits per heavy atom. The molecule has 2 N–H and O–H groups in total. The summed E-state index contributed by atoms with van der Waals surface area (Å²) in [7, 11) is -3.21. The first-order chi connectivity index (χ1) is 15.4. The molecule has 182 valence electrons.